The highest BCUT2D eigenvalue weighted by molar-refractivity contribution is 5.04. The molecule has 2 atom stereocenters. The molecule has 0 aliphatic rings. The number of rotatable bonds is 5. The van der Waals surface area contributed by atoms with Gasteiger partial charge in [0.2, 0.25) is 0 Å². The summed E-state index contributed by atoms with van der Waals surface area (Å²) < 4.78 is 4.94. The molecule has 0 aliphatic heterocycles. The van der Waals surface area contributed by atoms with Crippen LogP contribution in [0, 0.1) is 0 Å². The second-order valence-corrected chi connectivity index (χ2v) is 3.50. The molecule has 0 amide bonds. The first-order valence-electron chi connectivity index (χ1n) is 4.61. The van der Waals surface area contributed by atoms with Gasteiger partial charge in [-0.05, 0) is 26.3 Å². The first kappa shape index (κ1) is 10.3. The van der Waals surface area contributed by atoms with Crippen LogP contribution >= 0.6 is 0 Å². The van der Waals surface area contributed by atoms with Gasteiger partial charge >= 0.3 is 0 Å². The van der Waals surface area contributed by atoms with E-state index >= 15 is 0 Å². The van der Waals surface area contributed by atoms with E-state index in [-0.39, 0.29) is 6.10 Å². The molecule has 0 radical (unpaired) electrons. The lowest BCUT2D eigenvalue weighted by molar-refractivity contribution is 0.170. The molecule has 1 aromatic rings. The molecule has 0 saturated heterocycles. The topological polar surface area (TPSA) is 45.4 Å². The summed E-state index contributed by atoms with van der Waals surface area (Å²) in [4.78, 5) is 0. The summed E-state index contributed by atoms with van der Waals surface area (Å²) in [6, 6.07) is 2.26. The summed E-state index contributed by atoms with van der Waals surface area (Å²) in [6.07, 6.45) is 3.92. The van der Waals surface area contributed by atoms with Crippen molar-refractivity contribution < 1.29 is 9.52 Å². The highest BCUT2D eigenvalue weighted by atomic mass is 16.3. The summed E-state index contributed by atoms with van der Waals surface area (Å²) in [7, 11) is 0. The first-order valence-corrected chi connectivity index (χ1v) is 4.61. The molecule has 3 heteroatoms. The zero-order chi connectivity index (χ0) is 9.68. The van der Waals surface area contributed by atoms with Crippen LogP contribution in [0.15, 0.2) is 23.0 Å². The molecule has 2 N–H and O–H groups in total. The van der Waals surface area contributed by atoms with Gasteiger partial charge in [-0.2, -0.15) is 0 Å². The Morgan fingerprint density at radius 3 is 2.85 bits per heavy atom. The van der Waals surface area contributed by atoms with Crippen LogP contribution in [-0.4, -0.2) is 17.3 Å². The van der Waals surface area contributed by atoms with E-state index in [9.17, 15) is 0 Å². The van der Waals surface area contributed by atoms with Gasteiger partial charge in [-0.25, -0.2) is 0 Å². The minimum Gasteiger partial charge on any atom is -0.472 e. The third kappa shape index (κ3) is 4.10. The third-order valence-electron chi connectivity index (χ3n) is 1.93. The Morgan fingerprint density at radius 2 is 2.31 bits per heavy atom. The summed E-state index contributed by atoms with van der Waals surface area (Å²) in [5, 5.41) is 12.4. The Bertz CT molecular complexity index is 219. The molecule has 1 aromatic heterocycles. The van der Waals surface area contributed by atoms with Crippen LogP contribution < -0.4 is 5.32 Å². The summed E-state index contributed by atoms with van der Waals surface area (Å²) in [5.74, 6) is 0. The molecular weight excluding hydrogens is 166 g/mol. The second-order valence-electron chi connectivity index (χ2n) is 3.50. The van der Waals surface area contributed by atoms with E-state index in [4.69, 9.17) is 9.52 Å². The predicted octanol–water partition coefficient (Wildman–Crippen LogP) is 1.53. The van der Waals surface area contributed by atoms with E-state index in [1.165, 1.54) is 0 Å². The molecule has 2 unspecified atom stereocenters. The van der Waals surface area contributed by atoms with Crippen molar-refractivity contribution in [1.29, 1.82) is 0 Å². The quantitative estimate of drug-likeness (QED) is 0.727. The van der Waals surface area contributed by atoms with Crippen LogP contribution in [0.1, 0.15) is 25.8 Å². The Hall–Kier alpha value is -0.800. The normalized spacial score (nSPS) is 15.6. The Labute approximate surface area is 78.8 Å². The van der Waals surface area contributed by atoms with Gasteiger partial charge in [0.1, 0.15) is 0 Å². The fourth-order valence-corrected chi connectivity index (χ4v) is 1.28. The lowest BCUT2D eigenvalue weighted by Crippen LogP contribution is -2.28. The SMILES string of the molecule is CC(O)CC(C)NCc1ccoc1. The maximum absolute atomic E-state index is 9.12. The smallest absolute Gasteiger partial charge is 0.0947 e. The number of furan rings is 1. The van der Waals surface area contributed by atoms with E-state index in [1.807, 2.05) is 6.07 Å². The molecule has 0 fully saturated rings. The molecular formula is C10H17NO2. The zero-order valence-electron chi connectivity index (χ0n) is 8.16. The zero-order valence-corrected chi connectivity index (χ0v) is 8.16. The maximum atomic E-state index is 9.12. The van der Waals surface area contributed by atoms with Gasteiger partial charge < -0.3 is 14.8 Å². The minimum atomic E-state index is -0.244. The van der Waals surface area contributed by atoms with Gasteiger partial charge in [0.15, 0.2) is 0 Å². The van der Waals surface area contributed by atoms with E-state index < -0.39 is 0 Å². The average Bonchev–Trinajstić information content (AvgIpc) is 2.51. The van der Waals surface area contributed by atoms with Crippen molar-refractivity contribution >= 4 is 0 Å². The van der Waals surface area contributed by atoms with Gasteiger partial charge in [-0.3, -0.25) is 0 Å². The van der Waals surface area contributed by atoms with Crippen LogP contribution in [0.3, 0.4) is 0 Å². The van der Waals surface area contributed by atoms with Crippen molar-refractivity contribution in [3.63, 3.8) is 0 Å². The number of hydrogen-bond donors (Lipinski definition) is 2. The third-order valence-corrected chi connectivity index (χ3v) is 1.93. The van der Waals surface area contributed by atoms with Crippen molar-refractivity contribution in [2.24, 2.45) is 0 Å². The standard InChI is InChI=1S/C10H17NO2/c1-8(5-9(2)12)11-6-10-3-4-13-7-10/h3-4,7-9,11-12H,5-6H2,1-2H3. The number of aliphatic hydroxyl groups is 1. The monoisotopic (exact) mass is 183 g/mol. The summed E-state index contributed by atoms with van der Waals surface area (Å²) >= 11 is 0. The highest BCUT2D eigenvalue weighted by Gasteiger charge is 2.05. The van der Waals surface area contributed by atoms with Crippen molar-refractivity contribution in [3.8, 4) is 0 Å². The molecule has 0 saturated carbocycles. The van der Waals surface area contributed by atoms with E-state index in [2.05, 4.69) is 12.2 Å². The number of hydrogen-bond acceptors (Lipinski definition) is 3. The van der Waals surface area contributed by atoms with Crippen LogP contribution in [-0.2, 0) is 6.54 Å². The molecule has 0 aromatic carbocycles. The van der Waals surface area contributed by atoms with Crippen molar-refractivity contribution in [3.05, 3.63) is 24.2 Å². The molecule has 1 heterocycles. The minimum absolute atomic E-state index is 0.244. The lowest BCUT2D eigenvalue weighted by Gasteiger charge is -2.14. The van der Waals surface area contributed by atoms with E-state index in [1.54, 1.807) is 19.5 Å². The fraction of sp³-hybridized carbons (Fsp3) is 0.600. The van der Waals surface area contributed by atoms with Crippen LogP contribution in [0.4, 0.5) is 0 Å². The Balaban J connectivity index is 2.19. The molecule has 74 valence electrons. The van der Waals surface area contributed by atoms with Crippen LogP contribution in [0.2, 0.25) is 0 Å². The van der Waals surface area contributed by atoms with E-state index in [0.717, 1.165) is 18.5 Å². The maximum Gasteiger partial charge on any atom is 0.0947 e. The number of aliphatic hydroxyl groups excluding tert-OH is 1. The van der Waals surface area contributed by atoms with Gasteiger partial charge in [0.05, 0.1) is 18.6 Å². The van der Waals surface area contributed by atoms with Gasteiger partial charge in [0.25, 0.3) is 0 Å². The first-order chi connectivity index (χ1) is 6.18. The van der Waals surface area contributed by atoms with Crippen molar-refractivity contribution in [2.45, 2.75) is 39.0 Å². The Morgan fingerprint density at radius 1 is 1.54 bits per heavy atom. The van der Waals surface area contributed by atoms with Gasteiger partial charge in [-0.1, -0.05) is 0 Å². The van der Waals surface area contributed by atoms with Crippen LogP contribution in [0.25, 0.3) is 0 Å². The second kappa shape index (κ2) is 5.04. The average molecular weight is 183 g/mol. The summed E-state index contributed by atoms with van der Waals surface area (Å²) in [5.41, 5.74) is 1.14. The predicted molar refractivity (Wildman–Crippen MR) is 51.3 cm³/mol. The fourth-order valence-electron chi connectivity index (χ4n) is 1.28. The van der Waals surface area contributed by atoms with Crippen molar-refractivity contribution in [2.75, 3.05) is 0 Å². The van der Waals surface area contributed by atoms with Crippen LogP contribution in [0.5, 0.6) is 0 Å². The number of nitrogens with one attached hydrogen (secondary N) is 1. The van der Waals surface area contributed by atoms with Gasteiger partial charge in [0, 0.05) is 18.2 Å². The highest BCUT2D eigenvalue weighted by Crippen LogP contribution is 2.02. The van der Waals surface area contributed by atoms with Gasteiger partial charge in [-0.15, -0.1) is 0 Å². The van der Waals surface area contributed by atoms with E-state index in [0.29, 0.717) is 6.04 Å². The molecule has 0 aliphatic carbocycles. The molecule has 3 nitrogen and oxygen atoms in total. The molecule has 1 rings (SSSR count). The Kier molecular flexibility index (Phi) is 3.99. The summed E-state index contributed by atoms with van der Waals surface area (Å²) in [6.45, 7) is 4.66. The largest absolute Gasteiger partial charge is 0.472 e. The molecule has 0 bridgehead atoms. The van der Waals surface area contributed by atoms with Crippen molar-refractivity contribution in [1.82, 2.24) is 5.32 Å². The lowest BCUT2D eigenvalue weighted by atomic mass is 10.1. The molecule has 13 heavy (non-hydrogen) atoms. The molecule has 0 spiro atoms.